The number of halogens is 2. The summed E-state index contributed by atoms with van der Waals surface area (Å²) in [4.78, 5) is 4.40. The van der Waals surface area contributed by atoms with Crippen molar-refractivity contribution < 1.29 is 4.39 Å². The van der Waals surface area contributed by atoms with Crippen LogP contribution in [-0.2, 0) is 7.05 Å². The maximum atomic E-state index is 14.1. The maximum Gasteiger partial charge on any atom is 0.152 e. The van der Waals surface area contributed by atoms with E-state index >= 15 is 0 Å². The van der Waals surface area contributed by atoms with Gasteiger partial charge in [-0.15, -0.1) is 0 Å². The second-order valence-corrected chi connectivity index (χ2v) is 4.79. The topological polar surface area (TPSA) is 41.6 Å². The summed E-state index contributed by atoms with van der Waals surface area (Å²) in [5, 5.41) is 9.16. The number of hydrogen-bond donors (Lipinski definition) is 0. The van der Waals surface area contributed by atoms with Gasteiger partial charge in [0.25, 0.3) is 0 Å². The minimum Gasteiger partial charge on any atom is -0.327 e. The van der Waals surface area contributed by atoms with Gasteiger partial charge in [-0.05, 0) is 24.3 Å². The van der Waals surface area contributed by atoms with E-state index < -0.39 is 5.82 Å². The lowest BCUT2D eigenvalue weighted by molar-refractivity contribution is 0.629. The Hall–Kier alpha value is -2.38. The highest BCUT2D eigenvalue weighted by Crippen LogP contribution is 2.30. The molecule has 0 saturated heterocycles. The molecule has 0 aliphatic carbocycles. The molecule has 1 heterocycles. The molecule has 0 aliphatic rings. The summed E-state index contributed by atoms with van der Waals surface area (Å²) < 4.78 is 15.9. The number of nitriles is 1. The van der Waals surface area contributed by atoms with Crippen LogP contribution in [0.5, 0.6) is 0 Å². The summed E-state index contributed by atoms with van der Waals surface area (Å²) >= 11 is 5.81. The van der Waals surface area contributed by atoms with Crippen LogP contribution in [0.15, 0.2) is 36.4 Å². The molecule has 0 amide bonds. The Bertz CT molecular complexity index is 861. The van der Waals surface area contributed by atoms with E-state index in [0.29, 0.717) is 22.5 Å². The van der Waals surface area contributed by atoms with Crippen molar-refractivity contribution in [3.63, 3.8) is 0 Å². The molecule has 5 heteroatoms. The van der Waals surface area contributed by atoms with Crippen LogP contribution in [0.3, 0.4) is 0 Å². The quantitative estimate of drug-likeness (QED) is 0.680. The zero-order valence-corrected chi connectivity index (χ0v) is 11.3. The minimum absolute atomic E-state index is 0.0510. The van der Waals surface area contributed by atoms with Crippen LogP contribution < -0.4 is 0 Å². The number of aryl methyl sites for hydroxylation is 1. The van der Waals surface area contributed by atoms with Crippen molar-refractivity contribution in [3.05, 3.63) is 52.8 Å². The third kappa shape index (κ3) is 1.75. The molecule has 0 aliphatic heterocycles. The molecule has 0 N–H and O–H groups in total. The van der Waals surface area contributed by atoms with Gasteiger partial charge in [-0.1, -0.05) is 23.7 Å². The predicted octanol–water partition coefficient (Wildman–Crippen LogP) is 3.90. The molecular formula is C15H9ClFN3. The normalized spacial score (nSPS) is 10.7. The summed E-state index contributed by atoms with van der Waals surface area (Å²) in [6.45, 7) is 0. The van der Waals surface area contributed by atoms with Crippen LogP contribution in [-0.4, -0.2) is 9.55 Å². The van der Waals surface area contributed by atoms with Crippen LogP contribution in [0.25, 0.3) is 22.4 Å². The first-order valence-electron chi connectivity index (χ1n) is 5.93. The number of fused-ring (bicyclic) bond motifs is 1. The van der Waals surface area contributed by atoms with E-state index in [9.17, 15) is 4.39 Å². The van der Waals surface area contributed by atoms with E-state index in [0.717, 1.165) is 5.52 Å². The van der Waals surface area contributed by atoms with E-state index in [1.807, 2.05) is 6.07 Å². The Kier molecular flexibility index (Phi) is 2.92. The molecule has 2 aromatic carbocycles. The van der Waals surface area contributed by atoms with Crippen LogP contribution in [0.1, 0.15) is 5.56 Å². The zero-order chi connectivity index (χ0) is 14.3. The molecule has 0 fully saturated rings. The second-order valence-electron chi connectivity index (χ2n) is 4.38. The van der Waals surface area contributed by atoms with Gasteiger partial charge in [0.15, 0.2) is 5.82 Å². The van der Waals surface area contributed by atoms with E-state index in [1.165, 1.54) is 6.07 Å². The molecule has 3 rings (SSSR count). The van der Waals surface area contributed by atoms with E-state index in [1.54, 1.807) is 35.9 Å². The first kappa shape index (κ1) is 12.6. The van der Waals surface area contributed by atoms with E-state index in [-0.39, 0.29) is 5.02 Å². The van der Waals surface area contributed by atoms with Crippen molar-refractivity contribution >= 4 is 22.6 Å². The summed E-state index contributed by atoms with van der Waals surface area (Å²) in [5.74, 6) is -0.0613. The standard InChI is InChI=1S/C15H9ClFN3/c1-20-12-7-2-4-9(8-18)14(12)19-15(20)10-5-3-6-11(16)13(10)17/h2-7H,1H3. The van der Waals surface area contributed by atoms with Crippen molar-refractivity contribution in [3.8, 4) is 17.5 Å². The molecule has 0 atom stereocenters. The Morgan fingerprint density at radius 3 is 2.75 bits per heavy atom. The van der Waals surface area contributed by atoms with Crippen LogP contribution in [0, 0.1) is 17.1 Å². The smallest absolute Gasteiger partial charge is 0.152 e. The first-order valence-corrected chi connectivity index (χ1v) is 6.31. The first-order chi connectivity index (χ1) is 9.63. The van der Waals surface area contributed by atoms with Gasteiger partial charge in [0.2, 0.25) is 0 Å². The number of benzene rings is 2. The van der Waals surface area contributed by atoms with E-state index in [2.05, 4.69) is 11.1 Å². The molecular weight excluding hydrogens is 277 g/mol. The highest BCUT2D eigenvalue weighted by molar-refractivity contribution is 6.31. The number of aromatic nitrogens is 2. The Balaban J connectivity index is 2.36. The summed E-state index contributed by atoms with van der Waals surface area (Å²) in [6, 6.07) is 12.2. The third-order valence-electron chi connectivity index (χ3n) is 3.22. The van der Waals surface area contributed by atoms with Crippen molar-refractivity contribution in [1.29, 1.82) is 5.26 Å². The molecule has 0 unspecified atom stereocenters. The number of para-hydroxylation sites is 1. The highest BCUT2D eigenvalue weighted by atomic mass is 35.5. The van der Waals surface area contributed by atoms with Crippen molar-refractivity contribution in [2.45, 2.75) is 0 Å². The molecule has 98 valence electrons. The fourth-order valence-electron chi connectivity index (χ4n) is 2.22. The summed E-state index contributed by atoms with van der Waals surface area (Å²) in [6.07, 6.45) is 0. The third-order valence-corrected chi connectivity index (χ3v) is 3.52. The van der Waals surface area contributed by atoms with Crippen LogP contribution in [0.4, 0.5) is 4.39 Å². The average Bonchev–Trinajstić information content (AvgIpc) is 2.79. The molecule has 0 saturated carbocycles. The van der Waals surface area contributed by atoms with Crippen molar-refractivity contribution in [1.82, 2.24) is 9.55 Å². The average molecular weight is 286 g/mol. The van der Waals surface area contributed by atoms with Gasteiger partial charge in [-0.25, -0.2) is 9.37 Å². The Morgan fingerprint density at radius 2 is 2.00 bits per heavy atom. The molecule has 0 radical (unpaired) electrons. The van der Waals surface area contributed by atoms with Gasteiger partial charge >= 0.3 is 0 Å². The lowest BCUT2D eigenvalue weighted by Crippen LogP contribution is -1.95. The SMILES string of the molecule is Cn1c(-c2cccc(Cl)c2F)nc2c(C#N)cccc21. The van der Waals surface area contributed by atoms with E-state index in [4.69, 9.17) is 16.9 Å². The fraction of sp³-hybridized carbons (Fsp3) is 0.0667. The number of nitrogens with zero attached hydrogens (tertiary/aromatic N) is 3. The Labute approximate surface area is 119 Å². The van der Waals surface area contributed by atoms with Crippen molar-refractivity contribution in [2.24, 2.45) is 7.05 Å². The maximum absolute atomic E-state index is 14.1. The summed E-state index contributed by atoms with van der Waals surface area (Å²) in [7, 11) is 1.78. The zero-order valence-electron chi connectivity index (χ0n) is 10.6. The minimum atomic E-state index is -0.508. The Morgan fingerprint density at radius 1 is 1.25 bits per heavy atom. The predicted molar refractivity (Wildman–Crippen MR) is 75.8 cm³/mol. The van der Waals surface area contributed by atoms with Crippen LogP contribution in [0.2, 0.25) is 5.02 Å². The number of hydrogen-bond acceptors (Lipinski definition) is 2. The van der Waals surface area contributed by atoms with Gasteiger partial charge in [-0.3, -0.25) is 0 Å². The molecule has 0 bridgehead atoms. The van der Waals surface area contributed by atoms with Gasteiger partial charge in [0.05, 0.1) is 21.7 Å². The lowest BCUT2D eigenvalue weighted by Gasteiger charge is -2.04. The summed E-state index contributed by atoms with van der Waals surface area (Å²) in [5.41, 5.74) is 2.12. The van der Waals surface area contributed by atoms with Crippen LogP contribution >= 0.6 is 11.6 Å². The van der Waals surface area contributed by atoms with Gasteiger partial charge in [-0.2, -0.15) is 5.26 Å². The number of rotatable bonds is 1. The van der Waals surface area contributed by atoms with Gasteiger partial charge in [0.1, 0.15) is 17.4 Å². The molecule has 0 spiro atoms. The largest absolute Gasteiger partial charge is 0.327 e. The molecule has 3 aromatic rings. The molecule has 3 nitrogen and oxygen atoms in total. The molecule has 20 heavy (non-hydrogen) atoms. The monoisotopic (exact) mass is 285 g/mol. The fourth-order valence-corrected chi connectivity index (χ4v) is 2.40. The second kappa shape index (κ2) is 4.62. The lowest BCUT2D eigenvalue weighted by atomic mass is 10.2. The van der Waals surface area contributed by atoms with Crippen molar-refractivity contribution in [2.75, 3.05) is 0 Å². The number of imidazole rings is 1. The van der Waals surface area contributed by atoms with Gasteiger partial charge in [0, 0.05) is 7.05 Å². The molecule has 1 aromatic heterocycles. The van der Waals surface area contributed by atoms with Gasteiger partial charge < -0.3 is 4.57 Å². The highest BCUT2D eigenvalue weighted by Gasteiger charge is 2.16.